The summed E-state index contributed by atoms with van der Waals surface area (Å²) in [6.07, 6.45) is 1.73. The number of piperidine rings is 1. The van der Waals surface area contributed by atoms with Gasteiger partial charge in [-0.2, -0.15) is 4.31 Å². The highest BCUT2D eigenvalue weighted by Crippen LogP contribution is 2.24. The molecule has 2 aromatic carbocycles. The third-order valence-corrected chi connectivity index (χ3v) is 6.61. The number of rotatable bonds is 6. The standard InChI is InChI=1S/C20H23FN2O4S/c1-15-10-12-23(13-11-15)28(25,26)19-8-4-17(5-9-19)22-20(24)14-27-18-6-2-16(21)3-7-18/h2-9,15H,10-14H2,1H3,(H,22,24). The van der Waals surface area contributed by atoms with E-state index in [9.17, 15) is 17.6 Å². The summed E-state index contributed by atoms with van der Waals surface area (Å²) < 4.78 is 45.0. The molecule has 1 amide bonds. The predicted octanol–water partition coefficient (Wildman–Crippen LogP) is 3.26. The molecule has 0 saturated carbocycles. The fraction of sp³-hybridized carbons (Fsp3) is 0.350. The number of nitrogens with zero attached hydrogens (tertiary/aromatic N) is 1. The van der Waals surface area contributed by atoms with Gasteiger partial charge in [-0.1, -0.05) is 6.92 Å². The number of anilines is 1. The Labute approximate surface area is 164 Å². The van der Waals surface area contributed by atoms with Crippen LogP contribution in [0, 0.1) is 11.7 Å². The van der Waals surface area contributed by atoms with E-state index in [4.69, 9.17) is 4.74 Å². The summed E-state index contributed by atoms with van der Waals surface area (Å²) >= 11 is 0. The molecule has 0 aliphatic carbocycles. The lowest BCUT2D eigenvalue weighted by Crippen LogP contribution is -2.37. The molecule has 0 aromatic heterocycles. The monoisotopic (exact) mass is 406 g/mol. The van der Waals surface area contributed by atoms with Crippen LogP contribution in [0.3, 0.4) is 0 Å². The second-order valence-corrected chi connectivity index (χ2v) is 8.84. The third-order valence-electron chi connectivity index (χ3n) is 4.70. The molecule has 1 aliphatic rings. The molecule has 28 heavy (non-hydrogen) atoms. The SMILES string of the molecule is CC1CCN(S(=O)(=O)c2ccc(NC(=O)COc3ccc(F)cc3)cc2)CC1. The minimum absolute atomic E-state index is 0.211. The van der Waals surface area contributed by atoms with Gasteiger partial charge >= 0.3 is 0 Å². The molecule has 0 radical (unpaired) electrons. The number of hydrogen-bond acceptors (Lipinski definition) is 4. The van der Waals surface area contributed by atoms with Gasteiger partial charge in [0.15, 0.2) is 6.61 Å². The molecule has 0 atom stereocenters. The number of halogens is 1. The Hall–Kier alpha value is -2.45. The van der Waals surface area contributed by atoms with Gasteiger partial charge in [-0.15, -0.1) is 0 Å². The van der Waals surface area contributed by atoms with Crippen LogP contribution in [-0.2, 0) is 14.8 Å². The van der Waals surface area contributed by atoms with E-state index < -0.39 is 15.9 Å². The topological polar surface area (TPSA) is 75.7 Å². The maximum absolute atomic E-state index is 12.8. The summed E-state index contributed by atoms with van der Waals surface area (Å²) in [5, 5.41) is 2.64. The maximum atomic E-state index is 12.8. The fourth-order valence-electron chi connectivity index (χ4n) is 2.96. The quantitative estimate of drug-likeness (QED) is 0.799. The molecule has 0 spiro atoms. The maximum Gasteiger partial charge on any atom is 0.262 e. The van der Waals surface area contributed by atoms with Crippen molar-refractivity contribution < 1.29 is 22.3 Å². The Balaban J connectivity index is 1.56. The number of sulfonamides is 1. The second-order valence-electron chi connectivity index (χ2n) is 6.90. The Morgan fingerprint density at radius 2 is 1.71 bits per heavy atom. The van der Waals surface area contributed by atoms with Crippen molar-refractivity contribution in [3.63, 3.8) is 0 Å². The molecular formula is C20H23FN2O4S. The number of carbonyl (C=O) groups is 1. The molecule has 1 saturated heterocycles. The highest BCUT2D eigenvalue weighted by molar-refractivity contribution is 7.89. The predicted molar refractivity (Wildman–Crippen MR) is 104 cm³/mol. The first-order valence-electron chi connectivity index (χ1n) is 9.13. The molecule has 8 heteroatoms. The molecule has 6 nitrogen and oxygen atoms in total. The number of hydrogen-bond donors (Lipinski definition) is 1. The minimum atomic E-state index is -3.52. The molecule has 1 fully saturated rings. The molecule has 3 rings (SSSR count). The van der Waals surface area contributed by atoms with E-state index in [-0.39, 0.29) is 17.3 Å². The molecule has 1 N–H and O–H groups in total. The summed E-state index contributed by atoms with van der Waals surface area (Å²) in [5.74, 6) is 0.144. The van der Waals surface area contributed by atoms with Crippen LogP contribution in [-0.4, -0.2) is 38.3 Å². The Bertz CT molecular complexity index is 906. The van der Waals surface area contributed by atoms with E-state index in [1.807, 2.05) is 0 Å². The smallest absolute Gasteiger partial charge is 0.262 e. The van der Waals surface area contributed by atoms with Crippen LogP contribution in [0.5, 0.6) is 5.75 Å². The lowest BCUT2D eigenvalue weighted by Gasteiger charge is -2.29. The van der Waals surface area contributed by atoms with Crippen molar-refractivity contribution >= 4 is 21.6 Å². The average molecular weight is 406 g/mol. The van der Waals surface area contributed by atoms with Crippen LogP contribution < -0.4 is 10.1 Å². The van der Waals surface area contributed by atoms with E-state index in [2.05, 4.69) is 12.2 Å². The molecule has 150 valence electrons. The summed E-state index contributed by atoms with van der Waals surface area (Å²) in [6, 6.07) is 11.4. The van der Waals surface area contributed by atoms with Gasteiger partial charge in [-0.25, -0.2) is 12.8 Å². The van der Waals surface area contributed by atoms with Crippen molar-refractivity contribution in [1.82, 2.24) is 4.31 Å². The summed E-state index contributed by atoms with van der Waals surface area (Å²) in [4.78, 5) is 12.2. The number of nitrogens with one attached hydrogen (secondary N) is 1. The first kappa shape index (κ1) is 20.3. The molecule has 0 bridgehead atoms. The van der Waals surface area contributed by atoms with Crippen LogP contribution in [0.25, 0.3) is 0 Å². The largest absolute Gasteiger partial charge is 0.484 e. The first-order valence-corrected chi connectivity index (χ1v) is 10.6. The summed E-state index contributed by atoms with van der Waals surface area (Å²) in [6.45, 7) is 2.95. The average Bonchev–Trinajstić information content (AvgIpc) is 2.68. The van der Waals surface area contributed by atoms with Crippen molar-refractivity contribution in [2.24, 2.45) is 5.92 Å². The van der Waals surface area contributed by atoms with E-state index in [0.717, 1.165) is 12.8 Å². The molecule has 2 aromatic rings. The third kappa shape index (κ3) is 5.08. The van der Waals surface area contributed by atoms with Gasteiger partial charge < -0.3 is 10.1 Å². The Morgan fingerprint density at radius 3 is 2.32 bits per heavy atom. The van der Waals surface area contributed by atoms with Gasteiger partial charge in [0.05, 0.1) is 4.90 Å². The Morgan fingerprint density at radius 1 is 1.11 bits per heavy atom. The highest BCUT2D eigenvalue weighted by Gasteiger charge is 2.27. The van der Waals surface area contributed by atoms with Crippen LogP contribution in [0.15, 0.2) is 53.4 Å². The fourth-order valence-corrected chi connectivity index (χ4v) is 4.43. The van der Waals surface area contributed by atoms with E-state index in [0.29, 0.717) is 30.4 Å². The summed E-state index contributed by atoms with van der Waals surface area (Å²) in [5.41, 5.74) is 0.471. The van der Waals surface area contributed by atoms with Crippen molar-refractivity contribution in [2.45, 2.75) is 24.7 Å². The zero-order valence-corrected chi connectivity index (χ0v) is 16.4. The van der Waals surface area contributed by atoms with Crippen molar-refractivity contribution in [2.75, 3.05) is 25.0 Å². The Kier molecular flexibility index (Phi) is 6.31. The molecule has 1 heterocycles. The lowest BCUT2D eigenvalue weighted by molar-refractivity contribution is -0.118. The number of carbonyl (C=O) groups excluding carboxylic acids is 1. The number of benzene rings is 2. The summed E-state index contributed by atoms with van der Waals surface area (Å²) in [7, 11) is -3.52. The van der Waals surface area contributed by atoms with Crippen molar-refractivity contribution in [3.8, 4) is 5.75 Å². The minimum Gasteiger partial charge on any atom is -0.484 e. The van der Waals surface area contributed by atoms with Gasteiger partial charge in [-0.05, 0) is 67.3 Å². The number of amides is 1. The van der Waals surface area contributed by atoms with Crippen LogP contribution in [0.2, 0.25) is 0 Å². The zero-order chi connectivity index (χ0) is 20.1. The van der Waals surface area contributed by atoms with E-state index >= 15 is 0 Å². The normalized spacial score (nSPS) is 15.9. The second kappa shape index (κ2) is 8.70. The number of ether oxygens (including phenoxy) is 1. The van der Waals surface area contributed by atoms with E-state index in [1.165, 1.54) is 40.7 Å². The van der Waals surface area contributed by atoms with Gasteiger partial charge in [0.25, 0.3) is 5.91 Å². The molecule has 1 aliphatic heterocycles. The lowest BCUT2D eigenvalue weighted by atomic mass is 10.0. The van der Waals surface area contributed by atoms with Crippen LogP contribution >= 0.6 is 0 Å². The van der Waals surface area contributed by atoms with Gasteiger partial charge in [0, 0.05) is 18.8 Å². The highest BCUT2D eigenvalue weighted by atomic mass is 32.2. The van der Waals surface area contributed by atoms with Gasteiger partial charge in [0.2, 0.25) is 10.0 Å². The molecular weight excluding hydrogens is 383 g/mol. The zero-order valence-electron chi connectivity index (χ0n) is 15.6. The van der Waals surface area contributed by atoms with Crippen LogP contribution in [0.1, 0.15) is 19.8 Å². The van der Waals surface area contributed by atoms with Gasteiger partial charge in [-0.3, -0.25) is 4.79 Å². The van der Waals surface area contributed by atoms with Crippen molar-refractivity contribution in [1.29, 1.82) is 0 Å². The van der Waals surface area contributed by atoms with Crippen molar-refractivity contribution in [3.05, 3.63) is 54.3 Å². The van der Waals surface area contributed by atoms with Gasteiger partial charge in [0.1, 0.15) is 11.6 Å². The first-order chi connectivity index (χ1) is 13.3. The van der Waals surface area contributed by atoms with E-state index in [1.54, 1.807) is 12.1 Å². The van der Waals surface area contributed by atoms with Crippen LogP contribution in [0.4, 0.5) is 10.1 Å². The molecule has 0 unspecified atom stereocenters.